The van der Waals surface area contributed by atoms with Crippen molar-refractivity contribution < 1.29 is 9.47 Å². The number of guanidine groups is 1. The number of anilines is 1. The summed E-state index contributed by atoms with van der Waals surface area (Å²) < 4.78 is 10.6. The van der Waals surface area contributed by atoms with Crippen LogP contribution in [0.15, 0.2) is 53.8 Å². The lowest BCUT2D eigenvalue weighted by Crippen LogP contribution is -2.30. The summed E-state index contributed by atoms with van der Waals surface area (Å²) in [6.45, 7) is 0.606. The number of rotatable bonds is 6. The molecule has 0 saturated heterocycles. The van der Waals surface area contributed by atoms with E-state index in [1.54, 1.807) is 21.3 Å². The number of aromatic amines is 1. The average molecular weight is 366 g/mol. The van der Waals surface area contributed by atoms with E-state index in [1.807, 2.05) is 36.4 Å². The van der Waals surface area contributed by atoms with Crippen molar-refractivity contribution in [2.45, 2.75) is 6.54 Å². The first-order valence-corrected chi connectivity index (χ1v) is 8.38. The van der Waals surface area contributed by atoms with Gasteiger partial charge in [0.25, 0.3) is 0 Å². The van der Waals surface area contributed by atoms with Crippen LogP contribution in [0.1, 0.15) is 5.56 Å². The molecule has 3 N–H and O–H groups in total. The van der Waals surface area contributed by atoms with Gasteiger partial charge in [-0.3, -0.25) is 10.1 Å². The summed E-state index contributed by atoms with van der Waals surface area (Å²) in [5.74, 6) is 2.71. The molecule has 0 bridgehead atoms. The van der Waals surface area contributed by atoms with Crippen LogP contribution >= 0.6 is 0 Å². The second-order valence-electron chi connectivity index (χ2n) is 5.65. The Balaban J connectivity index is 1.65. The number of nitrogens with one attached hydrogen (secondary N) is 3. The molecule has 0 atom stereocenters. The average Bonchev–Trinajstić information content (AvgIpc) is 3.26. The molecular formula is C19H22N6O2. The fourth-order valence-electron chi connectivity index (χ4n) is 2.59. The lowest BCUT2D eigenvalue weighted by Gasteiger charge is -2.14. The molecule has 1 aromatic heterocycles. The molecule has 140 valence electrons. The van der Waals surface area contributed by atoms with E-state index in [-0.39, 0.29) is 0 Å². The summed E-state index contributed by atoms with van der Waals surface area (Å²) >= 11 is 0. The van der Waals surface area contributed by atoms with Gasteiger partial charge in [-0.2, -0.15) is 5.10 Å². The van der Waals surface area contributed by atoms with Gasteiger partial charge in [-0.15, -0.1) is 0 Å². The number of hydrogen-bond donors (Lipinski definition) is 3. The highest BCUT2D eigenvalue weighted by atomic mass is 16.5. The van der Waals surface area contributed by atoms with Crippen molar-refractivity contribution in [2.24, 2.45) is 4.99 Å². The number of H-pyrrole nitrogens is 1. The summed E-state index contributed by atoms with van der Waals surface area (Å²) in [7, 11) is 4.94. The first kappa shape index (κ1) is 18.2. The zero-order chi connectivity index (χ0) is 19.1. The first-order valence-electron chi connectivity index (χ1n) is 8.38. The molecule has 0 saturated carbocycles. The third kappa shape index (κ3) is 4.55. The molecule has 3 aromatic rings. The van der Waals surface area contributed by atoms with Crippen LogP contribution in [0.5, 0.6) is 11.5 Å². The van der Waals surface area contributed by atoms with Gasteiger partial charge in [-0.05, 0) is 23.8 Å². The second kappa shape index (κ2) is 8.70. The van der Waals surface area contributed by atoms with Gasteiger partial charge in [-0.1, -0.05) is 18.2 Å². The summed E-state index contributed by atoms with van der Waals surface area (Å²) in [6, 6.07) is 13.7. The van der Waals surface area contributed by atoms with Gasteiger partial charge in [0.1, 0.15) is 6.33 Å². The summed E-state index contributed by atoms with van der Waals surface area (Å²) in [5, 5.41) is 13.3. The minimum absolute atomic E-state index is 0.606. The summed E-state index contributed by atoms with van der Waals surface area (Å²) in [5.41, 5.74) is 2.92. The fraction of sp³-hybridized carbons (Fsp3) is 0.211. The molecule has 0 radical (unpaired) electrons. The Bertz CT molecular complexity index is 908. The van der Waals surface area contributed by atoms with Gasteiger partial charge in [0.15, 0.2) is 23.3 Å². The molecule has 0 aliphatic rings. The van der Waals surface area contributed by atoms with Crippen molar-refractivity contribution in [3.05, 3.63) is 54.4 Å². The smallest absolute Gasteiger partial charge is 0.195 e. The highest BCUT2D eigenvalue weighted by Crippen LogP contribution is 2.29. The fourth-order valence-corrected chi connectivity index (χ4v) is 2.59. The predicted molar refractivity (Wildman–Crippen MR) is 105 cm³/mol. The van der Waals surface area contributed by atoms with Gasteiger partial charge in [0.2, 0.25) is 0 Å². The Labute approximate surface area is 157 Å². The van der Waals surface area contributed by atoms with Crippen molar-refractivity contribution in [3.8, 4) is 22.9 Å². The molecule has 8 nitrogen and oxygen atoms in total. The number of methoxy groups -OCH3 is 2. The maximum atomic E-state index is 5.33. The van der Waals surface area contributed by atoms with Crippen molar-refractivity contribution in [1.29, 1.82) is 0 Å². The van der Waals surface area contributed by atoms with Crippen molar-refractivity contribution in [2.75, 3.05) is 26.6 Å². The molecule has 0 aliphatic carbocycles. The van der Waals surface area contributed by atoms with Crippen LogP contribution in [0.4, 0.5) is 5.69 Å². The monoisotopic (exact) mass is 366 g/mol. The van der Waals surface area contributed by atoms with Crippen molar-refractivity contribution in [3.63, 3.8) is 0 Å². The number of benzene rings is 2. The molecule has 0 spiro atoms. The number of aliphatic imine (C=N–C) groups is 1. The van der Waals surface area contributed by atoms with Gasteiger partial charge in [0.05, 0.1) is 14.2 Å². The molecule has 27 heavy (non-hydrogen) atoms. The minimum Gasteiger partial charge on any atom is -0.493 e. The zero-order valence-corrected chi connectivity index (χ0v) is 15.5. The van der Waals surface area contributed by atoms with Gasteiger partial charge >= 0.3 is 0 Å². The lowest BCUT2D eigenvalue weighted by atomic mass is 10.1. The van der Waals surface area contributed by atoms with Crippen LogP contribution in [-0.4, -0.2) is 42.4 Å². The van der Waals surface area contributed by atoms with Crippen LogP contribution in [0.25, 0.3) is 11.4 Å². The van der Waals surface area contributed by atoms with E-state index in [4.69, 9.17) is 9.47 Å². The van der Waals surface area contributed by atoms with E-state index in [0.717, 1.165) is 22.6 Å². The number of nitrogens with zero attached hydrogens (tertiary/aromatic N) is 3. The summed E-state index contributed by atoms with van der Waals surface area (Å²) in [4.78, 5) is 8.44. The quantitative estimate of drug-likeness (QED) is 0.458. The third-order valence-corrected chi connectivity index (χ3v) is 3.95. The second-order valence-corrected chi connectivity index (χ2v) is 5.65. The largest absolute Gasteiger partial charge is 0.493 e. The molecule has 8 heteroatoms. The summed E-state index contributed by atoms with van der Waals surface area (Å²) in [6.07, 6.45) is 1.50. The number of aromatic nitrogens is 3. The zero-order valence-electron chi connectivity index (χ0n) is 15.5. The molecule has 0 amide bonds. The highest BCUT2D eigenvalue weighted by molar-refractivity contribution is 5.93. The topological polar surface area (TPSA) is 96.5 Å². The SMILES string of the molecule is CN=C(NCc1cccc(-c2ncn[nH]2)c1)Nc1ccc(OC)c(OC)c1. The minimum atomic E-state index is 0.606. The van der Waals surface area contributed by atoms with Gasteiger partial charge in [-0.25, -0.2) is 4.98 Å². The van der Waals surface area contributed by atoms with E-state index >= 15 is 0 Å². The van der Waals surface area contributed by atoms with E-state index in [9.17, 15) is 0 Å². The molecule has 3 rings (SSSR count). The highest BCUT2D eigenvalue weighted by Gasteiger charge is 2.07. The van der Waals surface area contributed by atoms with Crippen molar-refractivity contribution >= 4 is 11.6 Å². The van der Waals surface area contributed by atoms with E-state index in [0.29, 0.717) is 24.0 Å². The molecule has 0 aliphatic heterocycles. The number of ether oxygens (including phenoxy) is 2. The molecule has 0 unspecified atom stereocenters. The van der Waals surface area contributed by atoms with Crippen LogP contribution in [0.2, 0.25) is 0 Å². The molecular weight excluding hydrogens is 344 g/mol. The van der Waals surface area contributed by atoms with Crippen LogP contribution in [-0.2, 0) is 6.54 Å². The van der Waals surface area contributed by atoms with Crippen LogP contribution in [0, 0.1) is 0 Å². The molecule has 0 fully saturated rings. The van der Waals surface area contributed by atoms with Gasteiger partial charge in [0, 0.05) is 30.9 Å². The van der Waals surface area contributed by atoms with Gasteiger partial charge < -0.3 is 20.1 Å². The molecule has 2 aromatic carbocycles. The van der Waals surface area contributed by atoms with Crippen LogP contribution in [0.3, 0.4) is 0 Å². The van der Waals surface area contributed by atoms with Crippen molar-refractivity contribution in [1.82, 2.24) is 20.5 Å². The van der Waals surface area contributed by atoms with E-state index < -0.39 is 0 Å². The normalized spacial score (nSPS) is 11.1. The van der Waals surface area contributed by atoms with Crippen LogP contribution < -0.4 is 20.1 Å². The predicted octanol–water partition coefficient (Wildman–Crippen LogP) is 2.68. The number of hydrogen-bond acceptors (Lipinski definition) is 5. The van der Waals surface area contributed by atoms with E-state index in [1.165, 1.54) is 6.33 Å². The maximum Gasteiger partial charge on any atom is 0.195 e. The Morgan fingerprint density at radius 2 is 1.96 bits per heavy atom. The lowest BCUT2D eigenvalue weighted by molar-refractivity contribution is 0.355. The standard InChI is InChI=1S/C19H22N6O2/c1-20-19(24-15-7-8-16(26-2)17(10-15)27-3)21-11-13-5-4-6-14(9-13)18-22-12-23-25-18/h4-10,12H,11H2,1-3H3,(H2,20,21,24)(H,22,23,25). The Kier molecular flexibility index (Phi) is 5.88. The molecule has 1 heterocycles. The maximum absolute atomic E-state index is 5.33. The Morgan fingerprint density at radius 3 is 2.67 bits per heavy atom. The van der Waals surface area contributed by atoms with E-state index in [2.05, 4.69) is 36.9 Å². The Morgan fingerprint density at radius 1 is 1.11 bits per heavy atom. The Hall–Kier alpha value is -3.55. The third-order valence-electron chi connectivity index (χ3n) is 3.95. The first-order chi connectivity index (χ1) is 13.2.